The number of carbonyl (C=O) groups excluding carboxylic acids is 3. The average molecular weight is 294 g/mol. The minimum atomic E-state index is -0.746. The molecule has 0 aromatic rings. The van der Waals surface area contributed by atoms with Gasteiger partial charge < -0.3 is 4.74 Å². The summed E-state index contributed by atoms with van der Waals surface area (Å²) in [5.74, 6) is -0.963. The number of amides is 2. The predicted octanol–water partition coefficient (Wildman–Crippen LogP) is 1.41. The van der Waals surface area contributed by atoms with E-state index in [-0.39, 0.29) is 18.2 Å². The van der Waals surface area contributed by atoms with Gasteiger partial charge in [-0.2, -0.15) is 0 Å². The van der Waals surface area contributed by atoms with Gasteiger partial charge in [-0.25, -0.2) is 9.80 Å². The number of nitrogens with zero attached hydrogens (tertiary/aromatic N) is 2. The van der Waals surface area contributed by atoms with Gasteiger partial charge >= 0.3 is 5.97 Å². The lowest BCUT2D eigenvalue weighted by Crippen LogP contribution is -2.60. The normalized spacial score (nSPS) is 23.8. The lowest BCUT2D eigenvalue weighted by atomic mass is 10.1. The second-order valence-electron chi connectivity index (χ2n) is 6.46. The molecule has 6 heteroatoms. The third-order valence-corrected chi connectivity index (χ3v) is 3.52. The minimum Gasteiger partial charge on any atom is -0.458 e. The molecule has 0 aromatic heterocycles. The third-order valence-electron chi connectivity index (χ3n) is 3.52. The maximum Gasteiger partial charge on any atom is 0.331 e. The van der Waals surface area contributed by atoms with Crippen LogP contribution in [0.3, 0.4) is 0 Å². The molecule has 0 N–H and O–H groups in total. The highest BCUT2D eigenvalue weighted by Crippen LogP contribution is 2.27. The molecule has 116 valence electrons. The Hall–Kier alpha value is -1.85. The van der Waals surface area contributed by atoms with Crippen molar-refractivity contribution < 1.29 is 19.1 Å². The summed E-state index contributed by atoms with van der Waals surface area (Å²) < 4.78 is 5.39. The summed E-state index contributed by atoms with van der Waals surface area (Å²) in [6, 6.07) is -0.746. The Kier molecular flexibility index (Phi) is 4.07. The monoisotopic (exact) mass is 294 g/mol. The van der Waals surface area contributed by atoms with E-state index in [4.69, 9.17) is 4.74 Å². The third kappa shape index (κ3) is 3.25. The van der Waals surface area contributed by atoms with Crippen LogP contribution in [0.4, 0.5) is 0 Å². The van der Waals surface area contributed by atoms with Gasteiger partial charge in [0.2, 0.25) is 5.91 Å². The summed E-state index contributed by atoms with van der Waals surface area (Å²) >= 11 is 0. The summed E-state index contributed by atoms with van der Waals surface area (Å²) in [5.41, 5.74) is -0.267. The van der Waals surface area contributed by atoms with Crippen LogP contribution in [-0.4, -0.2) is 46.0 Å². The van der Waals surface area contributed by atoms with E-state index in [1.54, 1.807) is 20.8 Å². The Labute approximate surface area is 124 Å². The molecule has 2 fully saturated rings. The van der Waals surface area contributed by atoms with Gasteiger partial charge in [0.15, 0.2) is 6.04 Å². The number of rotatable bonds is 1. The molecule has 2 aliphatic heterocycles. The molecule has 6 nitrogen and oxygen atoms in total. The van der Waals surface area contributed by atoms with Crippen molar-refractivity contribution in [1.29, 1.82) is 0 Å². The fraction of sp³-hybridized carbons (Fsp3) is 0.667. The van der Waals surface area contributed by atoms with E-state index < -0.39 is 17.6 Å². The van der Waals surface area contributed by atoms with Crippen LogP contribution in [0, 0.1) is 0 Å². The van der Waals surface area contributed by atoms with Crippen LogP contribution in [0.15, 0.2) is 12.2 Å². The van der Waals surface area contributed by atoms with E-state index >= 15 is 0 Å². The van der Waals surface area contributed by atoms with Crippen molar-refractivity contribution >= 4 is 17.8 Å². The van der Waals surface area contributed by atoms with Crippen molar-refractivity contribution in [3.63, 3.8) is 0 Å². The number of fused-ring (bicyclic) bond motifs is 1. The maximum absolute atomic E-state index is 12.4. The van der Waals surface area contributed by atoms with Gasteiger partial charge in [0.1, 0.15) is 5.60 Å². The number of hydrogen-bond acceptors (Lipinski definition) is 4. The topological polar surface area (TPSA) is 66.9 Å². The van der Waals surface area contributed by atoms with Crippen LogP contribution in [0.5, 0.6) is 0 Å². The van der Waals surface area contributed by atoms with Gasteiger partial charge in [-0.05, 0) is 40.0 Å². The van der Waals surface area contributed by atoms with E-state index in [0.29, 0.717) is 31.4 Å². The number of ether oxygens (including phenoxy) is 1. The van der Waals surface area contributed by atoms with Crippen LogP contribution in [0.25, 0.3) is 0 Å². The fourth-order valence-corrected chi connectivity index (χ4v) is 2.57. The zero-order chi connectivity index (χ0) is 15.8. The van der Waals surface area contributed by atoms with Crippen LogP contribution < -0.4 is 0 Å². The summed E-state index contributed by atoms with van der Waals surface area (Å²) in [5, 5.41) is 2.65. The number of hydrogen-bond donors (Lipinski definition) is 0. The van der Waals surface area contributed by atoms with Gasteiger partial charge in [-0.3, -0.25) is 14.6 Å². The summed E-state index contributed by atoms with van der Waals surface area (Å²) in [6.07, 6.45) is 1.76. The van der Waals surface area contributed by atoms with Crippen LogP contribution in [-0.2, 0) is 19.1 Å². The van der Waals surface area contributed by atoms with E-state index in [2.05, 4.69) is 6.58 Å². The first-order valence-corrected chi connectivity index (χ1v) is 7.25. The molecule has 2 heterocycles. The highest BCUT2D eigenvalue weighted by Gasteiger charge is 2.43. The van der Waals surface area contributed by atoms with Crippen molar-refractivity contribution in [2.24, 2.45) is 0 Å². The first kappa shape index (κ1) is 15.5. The molecule has 1 atom stereocenters. The van der Waals surface area contributed by atoms with Gasteiger partial charge in [0.05, 0.1) is 0 Å². The molecule has 0 spiro atoms. The first-order chi connectivity index (χ1) is 9.70. The SMILES string of the molecule is C=C1CCC(=O)N2CCC[C@@H](C(=O)OC(C)(C)C)N2C1=O. The van der Waals surface area contributed by atoms with Gasteiger partial charge in [-0.1, -0.05) is 6.58 Å². The summed E-state index contributed by atoms with van der Waals surface area (Å²) in [4.78, 5) is 36.9. The molecule has 2 rings (SSSR count). The van der Waals surface area contributed by atoms with E-state index in [0.717, 1.165) is 0 Å². The number of hydrazine groups is 1. The van der Waals surface area contributed by atoms with Crippen molar-refractivity contribution in [2.75, 3.05) is 6.54 Å². The molecular formula is C15H22N2O4. The van der Waals surface area contributed by atoms with Crippen LogP contribution in [0.1, 0.15) is 46.5 Å². The van der Waals surface area contributed by atoms with E-state index in [1.165, 1.54) is 10.0 Å². The van der Waals surface area contributed by atoms with E-state index in [1.807, 2.05) is 0 Å². The van der Waals surface area contributed by atoms with Crippen molar-refractivity contribution in [3.05, 3.63) is 12.2 Å². The second kappa shape index (κ2) is 5.50. The Bertz CT molecular complexity index is 492. The molecule has 0 saturated carbocycles. The van der Waals surface area contributed by atoms with E-state index in [9.17, 15) is 14.4 Å². The molecule has 2 amide bonds. The lowest BCUT2D eigenvalue weighted by Gasteiger charge is -2.42. The summed E-state index contributed by atoms with van der Waals surface area (Å²) in [7, 11) is 0. The lowest BCUT2D eigenvalue weighted by molar-refractivity contribution is -0.185. The molecule has 0 unspecified atom stereocenters. The molecule has 2 saturated heterocycles. The zero-order valence-electron chi connectivity index (χ0n) is 12.8. The van der Waals surface area contributed by atoms with Gasteiger partial charge in [-0.15, -0.1) is 0 Å². The highest BCUT2D eigenvalue weighted by molar-refractivity contribution is 5.99. The van der Waals surface area contributed by atoms with Gasteiger partial charge in [0.25, 0.3) is 5.91 Å². The molecule has 0 aliphatic carbocycles. The molecule has 0 radical (unpaired) electrons. The second-order valence-corrected chi connectivity index (χ2v) is 6.46. The molecular weight excluding hydrogens is 272 g/mol. The highest BCUT2D eigenvalue weighted by atomic mass is 16.6. The molecule has 0 aromatic carbocycles. The minimum absolute atomic E-state index is 0.143. The average Bonchev–Trinajstić information content (AvgIpc) is 2.50. The molecule has 2 aliphatic rings. The maximum atomic E-state index is 12.4. The fourth-order valence-electron chi connectivity index (χ4n) is 2.57. The number of esters is 1. The Morgan fingerprint density at radius 2 is 1.95 bits per heavy atom. The van der Waals surface area contributed by atoms with Crippen molar-refractivity contribution in [1.82, 2.24) is 10.0 Å². The van der Waals surface area contributed by atoms with Crippen LogP contribution in [0.2, 0.25) is 0 Å². The quantitative estimate of drug-likeness (QED) is 0.542. The zero-order valence-corrected chi connectivity index (χ0v) is 12.8. The van der Waals surface area contributed by atoms with Crippen molar-refractivity contribution in [3.8, 4) is 0 Å². The Morgan fingerprint density at radius 3 is 2.57 bits per heavy atom. The largest absolute Gasteiger partial charge is 0.458 e. The standard InChI is InChI=1S/C15H22N2O4/c1-10-7-8-12(18)16-9-5-6-11(17(16)13(10)19)14(20)21-15(2,3)4/h11H,1,5-9H2,2-4H3/t11-/m0/s1. The van der Waals surface area contributed by atoms with Gasteiger partial charge in [0, 0.05) is 18.5 Å². The van der Waals surface area contributed by atoms with Crippen molar-refractivity contribution in [2.45, 2.75) is 58.1 Å². The first-order valence-electron chi connectivity index (χ1n) is 7.25. The van der Waals surface area contributed by atoms with Crippen LogP contribution >= 0.6 is 0 Å². The Balaban J connectivity index is 2.29. The smallest absolute Gasteiger partial charge is 0.331 e. The summed E-state index contributed by atoms with van der Waals surface area (Å²) in [6.45, 7) is 9.52. The predicted molar refractivity (Wildman–Crippen MR) is 75.8 cm³/mol. The number of carbonyl (C=O) groups is 3. The Morgan fingerprint density at radius 1 is 1.29 bits per heavy atom. The molecule has 21 heavy (non-hydrogen) atoms. The molecule has 0 bridgehead atoms.